The van der Waals surface area contributed by atoms with Crippen LogP contribution in [-0.4, -0.2) is 20.2 Å². The van der Waals surface area contributed by atoms with E-state index < -0.39 is 0 Å². The van der Waals surface area contributed by atoms with Gasteiger partial charge in [-0.1, -0.05) is 24.3 Å². The Labute approximate surface area is 134 Å². The second-order valence-corrected chi connectivity index (χ2v) is 5.55. The predicted molar refractivity (Wildman–Crippen MR) is 86.1 cm³/mol. The van der Waals surface area contributed by atoms with Crippen molar-refractivity contribution in [3.63, 3.8) is 0 Å². The molecule has 21 heavy (non-hydrogen) atoms. The van der Waals surface area contributed by atoms with Crippen LogP contribution < -0.4 is 5.32 Å². The molecular formula is C14H11BrClN5. The molecule has 0 aliphatic rings. The van der Waals surface area contributed by atoms with Crippen molar-refractivity contribution in [2.45, 2.75) is 6.54 Å². The number of nitrogens with zero attached hydrogens (tertiary/aromatic N) is 3. The van der Waals surface area contributed by atoms with Crippen LogP contribution in [0.4, 0.5) is 5.82 Å². The highest BCUT2D eigenvalue weighted by Gasteiger charge is 2.04. The van der Waals surface area contributed by atoms with Gasteiger partial charge in [-0.3, -0.25) is 5.10 Å². The number of benzene rings is 1. The molecule has 0 unspecified atom stereocenters. The SMILES string of the molecule is Clc1ncc(Br)c(NCc2ccc(-c3ccn[nH]3)cc2)n1. The number of aromatic nitrogens is 4. The van der Waals surface area contributed by atoms with Crippen LogP contribution in [0.1, 0.15) is 5.56 Å². The number of hydrogen-bond donors (Lipinski definition) is 2. The van der Waals surface area contributed by atoms with Gasteiger partial charge < -0.3 is 5.32 Å². The molecule has 7 heteroatoms. The first-order valence-electron chi connectivity index (χ1n) is 6.23. The van der Waals surface area contributed by atoms with E-state index in [0.29, 0.717) is 12.4 Å². The Morgan fingerprint density at radius 1 is 1.19 bits per heavy atom. The van der Waals surface area contributed by atoms with Gasteiger partial charge in [0.05, 0.1) is 10.2 Å². The molecule has 0 bridgehead atoms. The van der Waals surface area contributed by atoms with Crippen molar-refractivity contribution in [1.29, 1.82) is 0 Å². The van der Waals surface area contributed by atoms with E-state index in [-0.39, 0.29) is 5.28 Å². The maximum Gasteiger partial charge on any atom is 0.224 e. The molecule has 2 heterocycles. The summed E-state index contributed by atoms with van der Waals surface area (Å²) in [7, 11) is 0. The molecule has 0 saturated carbocycles. The van der Waals surface area contributed by atoms with Gasteiger partial charge in [0.1, 0.15) is 5.82 Å². The lowest BCUT2D eigenvalue weighted by molar-refractivity contribution is 1.07. The third kappa shape index (κ3) is 3.40. The summed E-state index contributed by atoms with van der Waals surface area (Å²) < 4.78 is 0.779. The molecule has 0 amide bonds. The zero-order chi connectivity index (χ0) is 14.7. The highest BCUT2D eigenvalue weighted by atomic mass is 79.9. The first-order chi connectivity index (χ1) is 10.2. The Balaban J connectivity index is 1.70. The smallest absolute Gasteiger partial charge is 0.224 e. The highest BCUT2D eigenvalue weighted by molar-refractivity contribution is 9.10. The van der Waals surface area contributed by atoms with Crippen LogP contribution in [0.5, 0.6) is 0 Å². The number of halogens is 2. The van der Waals surface area contributed by atoms with Crippen molar-refractivity contribution in [2.75, 3.05) is 5.32 Å². The van der Waals surface area contributed by atoms with Crippen LogP contribution in [-0.2, 0) is 6.54 Å². The van der Waals surface area contributed by atoms with Crippen molar-refractivity contribution >= 4 is 33.3 Å². The molecular weight excluding hydrogens is 354 g/mol. The van der Waals surface area contributed by atoms with Crippen LogP contribution in [0.25, 0.3) is 11.3 Å². The monoisotopic (exact) mass is 363 g/mol. The third-order valence-corrected chi connectivity index (χ3v) is 3.70. The largest absolute Gasteiger partial charge is 0.365 e. The Kier molecular flexibility index (Phi) is 4.17. The second-order valence-electron chi connectivity index (χ2n) is 4.36. The molecule has 0 radical (unpaired) electrons. The fourth-order valence-electron chi connectivity index (χ4n) is 1.87. The van der Waals surface area contributed by atoms with E-state index in [1.54, 1.807) is 12.4 Å². The summed E-state index contributed by atoms with van der Waals surface area (Å²) in [5.74, 6) is 0.674. The average molecular weight is 365 g/mol. The van der Waals surface area contributed by atoms with E-state index in [2.05, 4.69) is 53.5 Å². The maximum absolute atomic E-state index is 5.78. The lowest BCUT2D eigenvalue weighted by Crippen LogP contribution is -2.02. The maximum atomic E-state index is 5.78. The minimum Gasteiger partial charge on any atom is -0.365 e. The molecule has 2 N–H and O–H groups in total. The summed E-state index contributed by atoms with van der Waals surface area (Å²) >= 11 is 9.17. The van der Waals surface area contributed by atoms with Gasteiger partial charge in [-0.2, -0.15) is 10.1 Å². The van der Waals surface area contributed by atoms with Crippen molar-refractivity contribution in [1.82, 2.24) is 20.2 Å². The van der Waals surface area contributed by atoms with Crippen LogP contribution in [0, 0.1) is 0 Å². The van der Waals surface area contributed by atoms with Gasteiger partial charge in [0.15, 0.2) is 0 Å². The second kappa shape index (κ2) is 6.24. The molecule has 106 valence electrons. The van der Waals surface area contributed by atoms with E-state index in [4.69, 9.17) is 11.6 Å². The molecule has 0 saturated heterocycles. The van der Waals surface area contributed by atoms with E-state index >= 15 is 0 Å². The number of hydrogen-bond acceptors (Lipinski definition) is 4. The van der Waals surface area contributed by atoms with Gasteiger partial charge >= 0.3 is 0 Å². The fraction of sp³-hybridized carbons (Fsp3) is 0.0714. The fourth-order valence-corrected chi connectivity index (χ4v) is 2.34. The standard InChI is InChI=1S/C14H11BrClN5/c15-11-8-18-14(16)20-13(11)17-7-9-1-3-10(4-2-9)12-5-6-19-21-12/h1-6,8H,7H2,(H,19,21)(H,17,18,20). The van der Waals surface area contributed by atoms with Gasteiger partial charge in [-0.05, 0) is 44.7 Å². The van der Waals surface area contributed by atoms with Crippen LogP contribution in [0.3, 0.4) is 0 Å². The summed E-state index contributed by atoms with van der Waals surface area (Å²) in [6.45, 7) is 0.648. The molecule has 0 atom stereocenters. The molecule has 3 aromatic rings. The Morgan fingerprint density at radius 2 is 2.00 bits per heavy atom. The Hall–Kier alpha value is -1.92. The first kappa shape index (κ1) is 14.0. The Bertz CT molecular complexity index is 728. The lowest BCUT2D eigenvalue weighted by Gasteiger charge is -2.08. The molecule has 0 aliphatic heterocycles. The van der Waals surface area contributed by atoms with Gasteiger partial charge in [0.2, 0.25) is 5.28 Å². The number of H-pyrrole nitrogens is 1. The Morgan fingerprint density at radius 3 is 2.71 bits per heavy atom. The summed E-state index contributed by atoms with van der Waals surface area (Å²) in [5, 5.41) is 10.3. The third-order valence-electron chi connectivity index (χ3n) is 2.94. The van der Waals surface area contributed by atoms with E-state index in [9.17, 15) is 0 Å². The number of rotatable bonds is 4. The number of anilines is 1. The minimum atomic E-state index is 0.218. The van der Waals surface area contributed by atoms with Gasteiger partial charge in [-0.25, -0.2) is 4.98 Å². The molecule has 1 aromatic carbocycles. The lowest BCUT2D eigenvalue weighted by atomic mass is 10.1. The normalized spacial score (nSPS) is 10.6. The van der Waals surface area contributed by atoms with Gasteiger partial charge in [-0.15, -0.1) is 0 Å². The van der Waals surface area contributed by atoms with Crippen LogP contribution in [0.2, 0.25) is 5.28 Å². The topological polar surface area (TPSA) is 66.5 Å². The van der Waals surface area contributed by atoms with E-state index in [1.165, 1.54) is 0 Å². The van der Waals surface area contributed by atoms with Crippen molar-refractivity contribution in [3.05, 3.63) is 58.0 Å². The zero-order valence-electron chi connectivity index (χ0n) is 10.8. The molecule has 0 spiro atoms. The highest BCUT2D eigenvalue weighted by Crippen LogP contribution is 2.21. The summed E-state index contributed by atoms with van der Waals surface area (Å²) in [5.41, 5.74) is 3.24. The van der Waals surface area contributed by atoms with E-state index in [1.807, 2.05) is 18.2 Å². The number of nitrogens with one attached hydrogen (secondary N) is 2. The van der Waals surface area contributed by atoms with Crippen LogP contribution >= 0.6 is 27.5 Å². The summed E-state index contributed by atoms with van der Waals surface area (Å²) in [4.78, 5) is 8.02. The number of aromatic amines is 1. The molecule has 3 rings (SSSR count). The molecule has 2 aromatic heterocycles. The quantitative estimate of drug-likeness (QED) is 0.689. The van der Waals surface area contributed by atoms with Crippen LogP contribution in [0.15, 0.2) is 47.2 Å². The summed E-state index contributed by atoms with van der Waals surface area (Å²) in [6.07, 6.45) is 3.36. The van der Waals surface area contributed by atoms with Crippen molar-refractivity contribution < 1.29 is 0 Å². The molecule has 5 nitrogen and oxygen atoms in total. The van der Waals surface area contributed by atoms with Crippen molar-refractivity contribution in [2.24, 2.45) is 0 Å². The van der Waals surface area contributed by atoms with Crippen molar-refractivity contribution in [3.8, 4) is 11.3 Å². The zero-order valence-corrected chi connectivity index (χ0v) is 13.2. The van der Waals surface area contributed by atoms with E-state index in [0.717, 1.165) is 21.3 Å². The first-order valence-corrected chi connectivity index (χ1v) is 7.40. The summed E-state index contributed by atoms with van der Waals surface area (Å²) in [6, 6.07) is 10.1. The van der Waals surface area contributed by atoms with Gasteiger partial charge in [0.25, 0.3) is 0 Å². The van der Waals surface area contributed by atoms with Gasteiger partial charge in [0, 0.05) is 18.9 Å². The average Bonchev–Trinajstić information content (AvgIpc) is 3.03. The predicted octanol–water partition coefficient (Wildman–Crippen LogP) is 3.89. The molecule has 0 fully saturated rings. The minimum absolute atomic E-state index is 0.218. The molecule has 0 aliphatic carbocycles.